The normalized spacial score (nSPS) is 10.4. The number of benzene rings is 1. The van der Waals surface area contributed by atoms with E-state index in [1.807, 2.05) is 12.1 Å². The molecule has 4 heteroatoms. The standard InChI is InChI=1S/C13H22N2O2/c1-10-8-11(16-2)9-13(17-3)12(10)4-6-15-7-5-14/h8-9,15H,4-7,14H2,1-3H3. The van der Waals surface area contributed by atoms with Crippen molar-refractivity contribution >= 4 is 0 Å². The molecule has 3 N–H and O–H groups in total. The van der Waals surface area contributed by atoms with Crippen LogP contribution in [0.5, 0.6) is 11.5 Å². The Morgan fingerprint density at radius 1 is 1.18 bits per heavy atom. The quantitative estimate of drug-likeness (QED) is 0.699. The Morgan fingerprint density at radius 2 is 1.94 bits per heavy atom. The molecule has 4 nitrogen and oxygen atoms in total. The first-order valence-corrected chi connectivity index (χ1v) is 5.85. The third-order valence-corrected chi connectivity index (χ3v) is 2.73. The van der Waals surface area contributed by atoms with Gasteiger partial charge in [-0.1, -0.05) is 0 Å². The summed E-state index contributed by atoms with van der Waals surface area (Å²) in [4.78, 5) is 0. The second kappa shape index (κ2) is 7.14. The van der Waals surface area contributed by atoms with Crippen LogP contribution in [-0.4, -0.2) is 33.9 Å². The van der Waals surface area contributed by atoms with Crippen LogP contribution in [0.3, 0.4) is 0 Å². The average Bonchev–Trinajstić information content (AvgIpc) is 2.35. The van der Waals surface area contributed by atoms with Crippen LogP contribution in [0.25, 0.3) is 0 Å². The number of methoxy groups -OCH3 is 2. The highest BCUT2D eigenvalue weighted by Crippen LogP contribution is 2.28. The van der Waals surface area contributed by atoms with Gasteiger partial charge in [0.25, 0.3) is 0 Å². The average molecular weight is 238 g/mol. The minimum Gasteiger partial charge on any atom is -0.497 e. The molecule has 96 valence electrons. The summed E-state index contributed by atoms with van der Waals surface area (Å²) in [6, 6.07) is 3.95. The van der Waals surface area contributed by atoms with Gasteiger partial charge in [0.05, 0.1) is 14.2 Å². The molecule has 0 aromatic heterocycles. The zero-order valence-electron chi connectivity index (χ0n) is 10.9. The second-order valence-electron chi connectivity index (χ2n) is 3.91. The molecule has 1 aromatic carbocycles. The predicted molar refractivity (Wildman–Crippen MR) is 69.9 cm³/mol. The van der Waals surface area contributed by atoms with E-state index in [0.717, 1.165) is 31.0 Å². The number of rotatable bonds is 7. The molecule has 0 radical (unpaired) electrons. The first-order valence-electron chi connectivity index (χ1n) is 5.85. The maximum Gasteiger partial charge on any atom is 0.126 e. The molecule has 0 aliphatic heterocycles. The lowest BCUT2D eigenvalue weighted by molar-refractivity contribution is 0.390. The monoisotopic (exact) mass is 238 g/mol. The second-order valence-corrected chi connectivity index (χ2v) is 3.91. The van der Waals surface area contributed by atoms with E-state index < -0.39 is 0 Å². The van der Waals surface area contributed by atoms with Crippen LogP contribution in [0.2, 0.25) is 0 Å². The molecule has 0 bridgehead atoms. The molecule has 17 heavy (non-hydrogen) atoms. The number of nitrogens with two attached hydrogens (primary N) is 1. The SMILES string of the molecule is COc1cc(C)c(CCNCCN)c(OC)c1. The molecule has 0 saturated heterocycles. The van der Waals surface area contributed by atoms with Crippen molar-refractivity contribution in [3.05, 3.63) is 23.3 Å². The summed E-state index contributed by atoms with van der Waals surface area (Å²) in [5.74, 6) is 1.72. The van der Waals surface area contributed by atoms with Gasteiger partial charge < -0.3 is 20.5 Å². The van der Waals surface area contributed by atoms with Crippen LogP contribution >= 0.6 is 0 Å². The molecular formula is C13H22N2O2. The molecule has 0 aliphatic carbocycles. The highest BCUT2D eigenvalue weighted by atomic mass is 16.5. The maximum atomic E-state index is 5.43. The first-order chi connectivity index (χ1) is 8.22. The van der Waals surface area contributed by atoms with Crippen molar-refractivity contribution in [3.63, 3.8) is 0 Å². The largest absolute Gasteiger partial charge is 0.497 e. The van der Waals surface area contributed by atoms with Gasteiger partial charge in [-0.25, -0.2) is 0 Å². The van der Waals surface area contributed by atoms with Gasteiger partial charge in [0.1, 0.15) is 11.5 Å². The van der Waals surface area contributed by atoms with Crippen molar-refractivity contribution in [2.75, 3.05) is 33.9 Å². The third-order valence-electron chi connectivity index (χ3n) is 2.73. The molecule has 1 aromatic rings. The van der Waals surface area contributed by atoms with Crippen LogP contribution < -0.4 is 20.5 Å². The van der Waals surface area contributed by atoms with Crippen molar-refractivity contribution in [3.8, 4) is 11.5 Å². The minimum atomic E-state index is 0.665. The number of hydrogen-bond acceptors (Lipinski definition) is 4. The van der Waals surface area contributed by atoms with Gasteiger partial charge in [0.2, 0.25) is 0 Å². The summed E-state index contributed by atoms with van der Waals surface area (Å²) < 4.78 is 10.6. The van der Waals surface area contributed by atoms with Crippen molar-refractivity contribution in [2.24, 2.45) is 5.73 Å². The zero-order chi connectivity index (χ0) is 12.7. The molecule has 0 heterocycles. The summed E-state index contributed by atoms with van der Waals surface area (Å²) in [5.41, 5.74) is 7.84. The number of ether oxygens (including phenoxy) is 2. The van der Waals surface area contributed by atoms with Crippen LogP contribution in [0.1, 0.15) is 11.1 Å². The molecule has 0 saturated carbocycles. The van der Waals surface area contributed by atoms with Crippen LogP contribution in [0.15, 0.2) is 12.1 Å². The Kier molecular flexibility index (Phi) is 5.80. The van der Waals surface area contributed by atoms with Gasteiger partial charge in [-0.3, -0.25) is 0 Å². The number of nitrogens with one attached hydrogen (secondary N) is 1. The lowest BCUT2D eigenvalue weighted by Crippen LogP contribution is -2.24. The molecule has 0 amide bonds. The third kappa shape index (κ3) is 3.91. The van der Waals surface area contributed by atoms with E-state index in [1.54, 1.807) is 14.2 Å². The van der Waals surface area contributed by atoms with E-state index in [9.17, 15) is 0 Å². The minimum absolute atomic E-state index is 0.665. The maximum absolute atomic E-state index is 5.43. The summed E-state index contributed by atoms with van der Waals surface area (Å²) >= 11 is 0. The summed E-state index contributed by atoms with van der Waals surface area (Å²) in [6.07, 6.45) is 0.930. The van der Waals surface area contributed by atoms with Gasteiger partial charge >= 0.3 is 0 Å². The Labute approximate surface area is 103 Å². The summed E-state index contributed by atoms with van der Waals surface area (Å²) in [7, 11) is 3.35. The van der Waals surface area contributed by atoms with E-state index >= 15 is 0 Å². The number of hydrogen-bond donors (Lipinski definition) is 2. The van der Waals surface area contributed by atoms with E-state index in [0.29, 0.717) is 6.54 Å². The topological polar surface area (TPSA) is 56.5 Å². The highest BCUT2D eigenvalue weighted by molar-refractivity contribution is 5.46. The Balaban J connectivity index is 2.75. The van der Waals surface area contributed by atoms with E-state index in [-0.39, 0.29) is 0 Å². The highest BCUT2D eigenvalue weighted by Gasteiger charge is 2.08. The molecule has 0 spiro atoms. The van der Waals surface area contributed by atoms with E-state index in [2.05, 4.69) is 12.2 Å². The summed E-state index contributed by atoms with van der Waals surface area (Å²) in [5, 5.41) is 3.28. The fourth-order valence-electron chi connectivity index (χ4n) is 1.81. The fraction of sp³-hybridized carbons (Fsp3) is 0.538. The van der Waals surface area contributed by atoms with Gasteiger partial charge in [0, 0.05) is 19.2 Å². The molecular weight excluding hydrogens is 216 g/mol. The Bertz CT molecular complexity index is 354. The van der Waals surface area contributed by atoms with Gasteiger partial charge in [-0.2, -0.15) is 0 Å². The zero-order valence-corrected chi connectivity index (χ0v) is 10.9. The van der Waals surface area contributed by atoms with Crippen LogP contribution in [-0.2, 0) is 6.42 Å². The first kappa shape index (κ1) is 13.8. The smallest absolute Gasteiger partial charge is 0.126 e. The molecule has 0 fully saturated rings. The Morgan fingerprint density at radius 3 is 2.53 bits per heavy atom. The van der Waals surface area contributed by atoms with Crippen molar-refractivity contribution in [2.45, 2.75) is 13.3 Å². The van der Waals surface area contributed by atoms with Crippen molar-refractivity contribution < 1.29 is 9.47 Å². The van der Waals surface area contributed by atoms with Crippen molar-refractivity contribution in [1.82, 2.24) is 5.32 Å². The molecule has 0 atom stereocenters. The van der Waals surface area contributed by atoms with Gasteiger partial charge in [-0.05, 0) is 37.1 Å². The molecule has 1 rings (SSSR count). The van der Waals surface area contributed by atoms with E-state index in [1.165, 1.54) is 11.1 Å². The van der Waals surface area contributed by atoms with E-state index in [4.69, 9.17) is 15.2 Å². The Hall–Kier alpha value is -1.26. The van der Waals surface area contributed by atoms with Crippen LogP contribution in [0, 0.1) is 6.92 Å². The van der Waals surface area contributed by atoms with Gasteiger partial charge in [-0.15, -0.1) is 0 Å². The van der Waals surface area contributed by atoms with Crippen LogP contribution in [0.4, 0.5) is 0 Å². The van der Waals surface area contributed by atoms with Crippen molar-refractivity contribution in [1.29, 1.82) is 0 Å². The molecule has 0 aliphatic rings. The summed E-state index contributed by atoms with van der Waals surface area (Å²) in [6.45, 7) is 4.49. The fourth-order valence-corrected chi connectivity index (χ4v) is 1.81. The lowest BCUT2D eigenvalue weighted by atomic mass is 10.0. The predicted octanol–water partition coefficient (Wildman–Crippen LogP) is 1.10. The van der Waals surface area contributed by atoms with Gasteiger partial charge in [0.15, 0.2) is 0 Å². The lowest BCUT2D eigenvalue weighted by Gasteiger charge is -2.14. The molecule has 0 unspecified atom stereocenters. The number of aryl methyl sites for hydroxylation is 1.